The van der Waals surface area contributed by atoms with Gasteiger partial charge in [0, 0.05) is 12.1 Å². The van der Waals surface area contributed by atoms with Crippen molar-refractivity contribution in [2.24, 2.45) is 0 Å². The van der Waals surface area contributed by atoms with E-state index in [-0.39, 0.29) is 23.8 Å². The summed E-state index contributed by atoms with van der Waals surface area (Å²) in [5.74, 6) is -0.889. The number of hydrogen-bond donors (Lipinski definition) is 0. The van der Waals surface area contributed by atoms with Crippen molar-refractivity contribution in [2.45, 2.75) is 39.3 Å². The number of amides is 1. The van der Waals surface area contributed by atoms with Crippen LogP contribution in [0.1, 0.15) is 38.3 Å². The molecular formula is C21H21F2NO. The third-order valence-electron chi connectivity index (χ3n) is 4.57. The molecule has 0 bridgehead atoms. The van der Waals surface area contributed by atoms with E-state index in [2.05, 4.69) is 0 Å². The summed E-state index contributed by atoms with van der Waals surface area (Å²) >= 11 is 0. The minimum Gasteiger partial charge on any atom is -0.333 e. The van der Waals surface area contributed by atoms with Crippen LogP contribution in [-0.4, -0.2) is 22.9 Å². The van der Waals surface area contributed by atoms with Crippen molar-refractivity contribution in [3.8, 4) is 0 Å². The molecule has 2 nitrogen and oxygen atoms in total. The molecule has 0 fully saturated rings. The number of carbonyl (C=O) groups excluding carboxylic acids is 1. The highest BCUT2D eigenvalue weighted by molar-refractivity contribution is 6.28. The van der Waals surface area contributed by atoms with Crippen LogP contribution in [0.15, 0.2) is 48.5 Å². The maximum Gasteiger partial charge on any atom is 0.255 e. The summed E-state index contributed by atoms with van der Waals surface area (Å²) in [6.07, 6.45) is 0.596. The average molecular weight is 341 g/mol. The summed E-state index contributed by atoms with van der Waals surface area (Å²) in [7, 11) is 0. The molecule has 0 radical (unpaired) electrons. The predicted molar refractivity (Wildman–Crippen MR) is 95.7 cm³/mol. The summed E-state index contributed by atoms with van der Waals surface area (Å²) in [6.45, 7) is 5.91. The minimum absolute atomic E-state index is 0.0110. The average Bonchev–Trinajstić information content (AvgIpc) is 2.54. The second-order valence-corrected chi connectivity index (χ2v) is 6.73. The first kappa shape index (κ1) is 17.3. The molecule has 1 atom stereocenters. The van der Waals surface area contributed by atoms with Gasteiger partial charge < -0.3 is 4.90 Å². The molecule has 2 aromatic rings. The summed E-state index contributed by atoms with van der Waals surface area (Å²) in [5, 5.41) is 0. The van der Waals surface area contributed by atoms with Crippen LogP contribution in [0.3, 0.4) is 0 Å². The van der Waals surface area contributed by atoms with Gasteiger partial charge in [0.2, 0.25) is 0 Å². The Labute approximate surface area is 146 Å². The maximum atomic E-state index is 13.8. The van der Waals surface area contributed by atoms with Gasteiger partial charge in [-0.05, 0) is 68.2 Å². The first-order valence-electron chi connectivity index (χ1n) is 8.46. The van der Waals surface area contributed by atoms with Gasteiger partial charge in [-0.1, -0.05) is 24.3 Å². The van der Waals surface area contributed by atoms with E-state index in [0.717, 1.165) is 5.57 Å². The lowest BCUT2D eigenvalue weighted by molar-refractivity contribution is -0.129. The van der Waals surface area contributed by atoms with Crippen LogP contribution in [-0.2, 0) is 4.79 Å². The van der Waals surface area contributed by atoms with Gasteiger partial charge in [-0.3, -0.25) is 4.79 Å². The highest BCUT2D eigenvalue weighted by Crippen LogP contribution is 2.38. The van der Waals surface area contributed by atoms with Crippen molar-refractivity contribution in [1.29, 1.82) is 0 Å². The lowest BCUT2D eigenvalue weighted by Crippen LogP contribution is -2.46. The van der Waals surface area contributed by atoms with E-state index < -0.39 is 5.82 Å². The van der Waals surface area contributed by atoms with Crippen LogP contribution >= 0.6 is 0 Å². The predicted octanol–water partition coefficient (Wildman–Crippen LogP) is 4.90. The Morgan fingerprint density at radius 2 is 1.56 bits per heavy atom. The van der Waals surface area contributed by atoms with Crippen molar-refractivity contribution < 1.29 is 13.6 Å². The highest BCUT2D eigenvalue weighted by atomic mass is 19.1. The van der Waals surface area contributed by atoms with Crippen molar-refractivity contribution >= 4 is 17.1 Å². The second-order valence-electron chi connectivity index (χ2n) is 6.73. The van der Waals surface area contributed by atoms with E-state index in [1.165, 1.54) is 24.3 Å². The van der Waals surface area contributed by atoms with Crippen LogP contribution in [0.4, 0.5) is 8.78 Å². The normalized spacial score (nSPS) is 18.2. The quantitative estimate of drug-likeness (QED) is 0.777. The first-order valence-corrected chi connectivity index (χ1v) is 8.46. The van der Waals surface area contributed by atoms with Crippen molar-refractivity contribution in [3.05, 3.63) is 71.3 Å². The largest absolute Gasteiger partial charge is 0.333 e. The van der Waals surface area contributed by atoms with Crippen LogP contribution in [0.5, 0.6) is 0 Å². The van der Waals surface area contributed by atoms with Crippen LogP contribution < -0.4 is 0 Å². The zero-order valence-corrected chi connectivity index (χ0v) is 14.6. The number of rotatable bonds is 3. The molecule has 1 aliphatic heterocycles. The Kier molecular flexibility index (Phi) is 4.71. The molecule has 3 rings (SSSR count). The molecule has 0 aromatic heterocycles. The van der Waals surface area contributed by atoms with Crippen LogP contribution in [0, 0.1) is 11.6 Å². The van der Waals surface area contributed by atoms with Gasteiger partial charge in [0.15, 0.2) is 0 Å². The summed E-state index contributed by atoms with van der Waals surface area (Å²) in [5.41, 5.74) is 2.42. The highest BCUT2D eigenvalue weighted by Gasteiger charge is 2.34. The SMILES string of the molecule is CC(C)N1C(=O)C(c2cccc(F)c2)=C(c2cccc(F)c2)C[C@H]1C. The zero-order valence-electron chi connectivity index (χ0n) is 14.6. The number of benzene rings is 2. The molecule has 25 heavy (non-hydrogen) atoms. The topological polar surface area (TPSA) is 20.3 Å². The second kappa shape index (κ2) is 6.79. The molecule has 2 aromatic carbocycles. The number of carbonyl (C=O) groups is 1. The smallest absolute Gasteiger partial charge is 0.255 e. The van der Waals surface area contributed by atoms with Crippen LogP contribution in [0.25, 0.3) is 11.1 Å². The van der Waals surface area contributed by atoms with Gasteiger partial charge in [-0.25, -0.2) is 8.78 Å². The third kappa shape index (κ3) is 3.34. The first-order chi connectivity index (χ1) is 11.9. The van der Waals surface area contributed by atoms with Gasteiger partial charge >= 0.3 is 0 Å². The minimum atomic E-state index is -0.397. The van der Waals surface area contributed by atoms with Gasteiger partial charge in [-0.2, -0.15) is 0 Å². The third-order valence-corrected chi connectivity index (χ3v) is 4.57. The Morgan fingerprint density at radius 1 is 1.00 bits per heavy atom. The molecule has 1 amide bonds. The summed E-state index contributed by atoms with van der Waals surface area (Å²) < 4.78 is 27.5. The number of halogens is 2. The fraction of sp³-hybridized carbons (Fsp3) is 0.286. The summed E-state index contributed by atoms with van der Waals surface area (Å²) in [4.78, 5) is 15.0. The van der Waals surface area contributed by atoms with E-state index in [4.69, 9.17) is 0 Å². The van der Waals surface area contributed by atoms with E-state index in [0.29, 0.717) is 23.1 Å². The van der Waals surface area contributed by atoms with Crippen molar-refractivity contribution in [2.75, 3.05) is 0 Å². The van der Waals surface area contributed by atoms with Crippen molar-refractivity contribution in [3.63, 3.8) is 0 Å². The van der Waals surface area contributed by atoms with Gasteiger partial charge in [0.1, 0.15) is 11.6 Å². The van der Waals surface area contributed by atoms with Gasteiger partial charge in [0.05, 0.1) is 5.57 Å². The molecule has 1 heterocycles. The van der Waals surface area contributed by atoms with E-state index in [1.54, 1.807) is 24.3 Å². The van der Waals surface area contributed by atoms with E-state index in [1.807, 2.05) is 25.7 Å². The number of hydrogen-bond acceptors (Lipinski definition) is 1. The molecule has 0 aliphatic carbocycles. The van der Waals surface area contributed by atoms with Crippen LogP contribution in [0.2, 0.25) is 0 Å². The molecule has 0 saturated carbocycles. The fourth-order valence-electron chi connectivity index (χ4n) is 3.58. The van der Waals surface area contributed by atoms with Crippen molar-refractivity contribution in [1.82, 2.24) is 4.90 Å². The standard InChI is InChI=1S/C21H21F2NO/c1-13(2)24-14(3)10-19(15-6-4-8-17(22)11-15)20(21(24)25)16-7-5-9-18(23)12-16/h4-9,11-14H,10H2,1-3H3/t14-/m1/s1. The molecule has 0 spiro atoms. The Hall–Kier alpha value is -2.49. The lowest BCUT2D eigenvalue weighted by Gasteiger charge is -2.39. The van der Waals surface area contributed by atoms with E-state index in [9.17, 15) is 13.6 Å². The summed E-state index contributed by atoms with van der Waals surface area (Å²) in [6, 6.07) is 12.3. The Bertz CT molecular complexity index is 841. The molecule has 0 unspecified atom stereocenters. The Morgan fingerprint density at radius 3 is 2.12 bits per heavy atom. The molecule has 0 saturated heterocycles. The monoisotopic (exact) mass is 341 g/mol. The van der Waals surface area contributed by atoms with Gasteiger partial charge in [0.25, 0.3) is 5.91 Å². The molecule has 4 heteroatoms. The lowest BCUT2D eigenvalue weighted by atomic mass is 9.85. The molecular weight excluding hydrogens is 320 g/mol. The maximum absolute atomic E-state index is 13.8. The molecule has 0 N–H and O–H groups in total. The fourth-order valence-corrected chi connectivity index (χ4v) is 3.58. The zero-order chi connectivity index (χ0) is 18.1. The molecule has 1 aliphatic rings. The van der Waals surface area contributed by atoms with E-state index >= 15 is 0 Å². The Balaban J connectivity index is 2.24. The molecule has 130 valence electrons. The number of nitrogens with zero attached hydrogens (tertiary/aromatic N) is 1. The van der Waals surface area contributed by atoms with Gasteiger partial charge in [-0.15, -0.1) is 0 Å².